The van der Waals surface area contributed by atoms with Crippen LogP contribution >= 0.6 is 0 Å². The molecule has 49 heavy (non-hydrogen) atoms. The Morgan fingerprint density at radius 2 is 1.57 bits per heavy atom. The minimum Gasteiger partial charge on any atom is -0.502 e. The van der Waals surface area contributed by atoms with Gasteiger partial charge < -0.3 is 58.0 Å². The van der Waals surface area contributed by atoms with E-state index in [1.807, 2.05) is 30.3 Å². The molecule has 0 spiro atoms. The molecule has 0 radical (unpaired) electrons. The third-order valence-electron chi connectivity index (χ3n) is 9.70. The van der Waals surface area contributed by atoms with Crippen molar-refractivity contribution >= 4 is 5.97 Å². The summed E-state index contributed by atoms with van der Waals surface area (Å²) in [5.41, 5.74) is 2.74. The first-order chi connectivity index (χ1) is 23.8. The van der Waals surface area contributed by atoms with Gasteiger partial charge in [0.25, 0.3) is 0 Å². The molecule has 0 amide bonds. The zero-order valence-corrected chi connectivity index (χ0v) is 26.5. The van der Waals surface area contributed by atoms with Gasteiger partial charge in [-0.25, -0.2) is 0 Å². The molecule has 1 aliphatic carbocycles. The van der Waals surface area contributed by atoms with Gasteiger partial charge >= 0.3 is 5.97 Å². The minimum atomic E-state index is -1.51. The number of carbonyl (C=O) groups is 1. The minimum absolute atomic E-state index is 0.0145. The Morgan fingerprint density at radius 3 is 2.29 bits per heavy atom. The van der Waals surface area contributed by atoms with Crippen LogP contribution in [0.1, 0.15) is 34.3 Å². The van der Waals surface area contributed by atoms with E-state index in [2.05, 4.69) is 11.8 Å². The van der Waals surface area contributed by atoms with Gasteiger partial charge in [-0.2, -0.15) is 0 Å². The lowest BCUT2D eigenvalue weighted by Crippen LogP contribution is -2.63. The fourth-order valence-corrected chi connectivity index (χ4v) is 7.35. The Kier molecular flexibility index (Phi) is 8.23. The molecular weight excluding hydrogens is 640 g/mol. The maximum Gasteiger partial charge on any atom is 0.310 e. The molecule has 0 bridgehead atoms. The molecular formula is C36H34O13. The Labute approximate surface area is 281 Å². The molecule has 0 saturated carbocycles. The van der Waals surface area contributed by atoms with Gasteiger partial charge in [0, 0.05) is 17.4 Å². The van der Waals surface area contributed by atoms with E-state index < -0.39 is 66.8 Å². The Morgan fingerprint density at radius 1 is 0.857 bits per heavy atom. The van der Waals surface area contributed by atoms with Gasteiger partial charge in [0.15, 0.2) is 29.3 Å². The zero-order chi connectivity index (χ0) is 33.8. The van der Waals surface area contributed by atoms with Gasteiger partial charge in [0.05, 0.1) is 39.5 Å². The number of phenols is 1. The Balaban J connectivity index is 1.11. The molecule has 13 heteroatoms. The van der Waals surface area contributed by atoms with Crippen LogP contribution in [0.5, 0.6) is 28.7 Å². The number of cyclic esters (lactones) is 1. The second-order valence-corrected chi connectivity index (χ2v) is 12.4. The molecule has 3 saturated heterocycles. The SMILES string of the molecule is COc1cc([C@@H]2c3cc4c(cc3[C@@H](OC3OC5COC(C#Cc6ccccc6)OC5C(O)C3O)[C@H]3COC(=O)[C@H]23)OCO4)cc(OC)c1O. The van der Waals surface area contributed by atoms with Gasteiger partial charge in [-0.1, -0.05) is 24.1 Å². The number of phenolic OH excluding ortho intramolecular Hbond substituents is 1. The van der Waals surface area contributed by atoms with Gasteiger partial charge in [-0.3, -0.25) is 4.79 Å². The summed E-state index contributed by atoms with van der Waals surface area (Å²) in [7, 11) is 2.85. The summed E-state index contributed by atoms with van der Waals surface area (Å²) in [6.07, 6.45) is -7.71. The molecule has 6 unspecified atom stereocenters. The van der Waals surface area contributed by atoms with Crippen LogP contribution in [-0.4, -0.2) is 92.5 Å². The predicted octanol–water partition coefficient (Wildman–Crippen LogP) is 2.37. The van der Waals surface area contributed by atoms with Crippen LogP contribution in [-0.2, 0) is 28.5 Å². The van der Waals surface area contributed by atoms with Crippen molar-refractivity contribution in [3.63, 3.8) is 0 Å². The summed E-state index contributed by atoms with van der Waals surface area (Å²) in [4.78, 5) is 13.5. The fourth-order valence-electron chi connectivity index (χ4n) is 7.35. The summed E-state index contributed by atoms with van der Waals surface area (Å²) in [5, 5.41) is 33.2. The second kappa shape index (κ2) is 12.7. The number of aliphatic hydroxyl groups excluding tert-OH is 2. The molecule has 3 N–H and O–H groups in total. The average molecular weight is 675 g/mol. The highest BCUT2D eigenvalue weighted by Crippen LogP contribution is 2.57. The molecule has 13 nitrogen and oxygen atoms in total. The van der Waals surface area contributed by atoms with Crippen molar-refractivity contribution in [2.45, 2.75) is 49.0 Å². The largest absolute Gasteiger partial charge is 0.502 e. The topological polar surface area (TPSA) is 161 Å². The highest BCUT2D eigenvalue weighted by Gasteiger charge is 2.56. The van der Waals surface area contributed by atoms with Gasteiger partial charge in [0.2, 0.25) is 18.8 Å². The van der Waals surface area contributed by atoms with E-state index in [4.69, 9.17) is 42.6 Å². The molecule has 10 atom stereocenters. The lowest BCUT2D eigenvalue weighted by atomic mass is 9.66. The summed E-state index contributed by atoms with van der Waals surface area (Å²) in [6.45, 7) is 0.0690. The van der Waals surface area contributed by atoms with Gasteiger partial charge in [-0.05, 0) is 59.0 Å². The molecule has 4 heterocycles. The number of rotatable bonds is 5. The maximum atomic E-state index is 13.5. The van der Waals surface area contributed by atoms with E-state index in [0.717, 1.165) is 5.56 Å². The number of hydrogen-bond donors (Lipinski definition) is 3. The highest BCUT2D eigenvalue weighted by molar-refractivity contribution is 5.79. The standard InChI is InChI=1S/C36H34O13/c1-41-24-10-18(11-25(42-2)30(24)37)28-19-12-22-23(46-16-45-22)13-20(19)33(21-14-44-35(40)29(21)28)49-36-32(39)31(38)34-26(47-36)15-43-27(48-34)9-8-17-6-4-3-5-7-17/h3-7,10-13,21,26-29,31-34,36-39H,14-16H2,1-2H3/t21-,26?,27?,28+,29-,31?,32?,33+,34?,36?/m0/s1. The number of esters is 1. The van der Waals surface area contributed by atoms with Crippen molar-refractivity contribution in [3.8, 4) is 40.6 Å². The predicted molar refractivity (Wildman–Crippen MR) is 166 cm³/mol. The lowest BCUT2D eigenvalue weighted by Gasteiger charge is -2.47. The molecule has 8 rings (SSSR count). The first-order valence-electron chi connectivity index (χ1n) is 15.9. The van der Waals surface area contributed by atoms with Crippen LogP contribution in [0, 0.1) is 23.7 Å². The number of benzene rings is 3. The first kappa shape index (κ1) is 31.7. The molecule has 3 aromatic rings. The molecule has 256 valence electrons. The van der Waals surface area contributed by atoms with E-state index >= 15 is 0 Å². The van der Waals surface area contributed by atoms with E-state index in [9.17, 15) is 20.1 Å². The molecule has 5 aliphatic rings. The first-order valence-corrected chi connectivity index (χ1v) is 15.9. The van der Waals surface area contributed by atoms with E-state index in [-0.39, 0.29) is 37.3 Å². The second-order valence-electron chi connectivity index (χ2n) is 12.4. The van der Waals surface area contributed by atoms with Crippen molar-refractivity contribution < 1.29 is 62.7 Å². The van der Waals surface area contributed by atoms with Crippen LogP contribution in [0.3, 0.4) is 0 Å². The average Bonchev–Trinajstić information content (AvgIpc) is 3.75. The van der Waals surface area contributed by atoms with Crippen molar-refractivity contribution in [1.29, 1.82) is 0 Å². The summed E-state index contributed by atoms with van der Waals surface area (Å²) in [5.74, 6) is 4.71. The number of aliphatic hydroxyl groups is 2. The maximum absolute atomic E-state index is 13.5. The van der Waals surface area contributed by atoms with Crippen LogP contribution in [0.2, 0.25) is 0 Å². The van der Waals surface area contributed by atoms with Crippen LogP contribution in [0.15, 0.2) is 54.6 Å². The number of hydrogen-bond acceptors (Lipinski definition) is 13. The van der Waals surface area contributed by atoms with Crippen LogP contribution in [0.4, 0.5) is 0 Å². The lowest BCUT2D eigenvalue weighted by molar-refractivity contribution is -0.359. The van der Waals surface area contributed by atoms with Crippen LogP contribution in [0.25, 0.3) is 0 Å². The third-order valence-corrected chi connectivity index (χ3v) is 9.70. The summed E-state index contributed by atoms with van der Waals surface area (Å²) < 4.78 is 52.4. The highest BCUT2D eigenvalue weighted by atomic mass is 16.8. The molecule has 4 aliphatic heterocycles. The van der Waals surface area contributed by atoms with Crippen molar-refractivity contribution in [1.82, 2.24) is 0 Å². The quantitative estimate of drug-likeness (QED) is 0.268. The summed E-state index contributed by atoms with van der Waals surface area (Å²) >= 11 is 0. The third kappa shape index (κ3) is 5.51. The van der Waals surface area contributed by atoms with Gasteiger partial charge in [-0.15, -0.1) is 0 Å². The van der Waals surface area contributed by atoms with E-state index in [1.54, 1.807) is 24.3 Å². The Hall–Kier alpha value is -4.55. The number of fused-ring (bicyclic) bond motifs is 4. The van der Waals surface area contributed by atoms with Crippen LogP contribution < -0.4 is 18.9 Å². The normalized spacial score (nSPS) is 32.5. The fraction of sp³-hybridized carbons (Fsp3) is 0.417. The van der Waals surface area contributed by atoms with Crippen molar-refractivity contribution in [2.24, 2.45) is 11.8 Å². The van der Waals surface area contributed by atoms with Crippen molar-refractivity contribution in [2.75, 3.05) is 34.2 Å². The zero-order valence-electron chi connectivity index (χ0n) is 26.5. The molecule has 3 fully saturated rings. The number of carbonyl (C=O) groups excluding carboxylic acids is 1. The van der Waals surface area contributed by atoms with Crippen molar-refractivity contribution in [3.05, 3.63) is 76.9 Å². The number of aromatic hydroxyl groups is 1. The molecule has 3 aromatic carbocycles. The van der Waals surface area contributed by atoms with E-state index in [0.29, 0.717) is 28.2 Å². The number of methoxy groups -OCH3 is 2. The smallest absolute Gasteiger partial charge is 0.310 e. The van der Waals surface area contributed by atoms with Gasteiger partial charge in [0.1, 0.15) is 24.4 Å². The van der Waals surface area contributed by atoms with E-state index in [1.165, 1.54) is 14.2 Å². The number of ether oxygens (including phenoxy) is 9. The summed E-state index contributed by atoms with van der Waals surface area (Å²) in [6, 6.07) is 16.2. The Bertz CT molecular complexity index is 1770. The molecule has 0 aromatic heterocycles. The monoisotopic (exact) mass is 674 g/mol.